The Bertz CT molecular complexity index is 331. The molecule has 4 heteroatoms. The summed E-state index contributed by atoms with van der Waals surface area (Å²) in [4.78, 5) is 4.43. The van der Waals surface area contributed by atoms with Gasteiger partial charge in [-0.15, -0.1) is 0 Å². The summed E-state index contributed by atoms with van der Waals surface area (Å²) in [6.45, 7) is 4.39. The second-order valence-electron chi connectivity index (χ2n) is 4.43. The molecular formula is C14H25N3O. The van der Waals surface area contributed by atoms with Gasteiger partial charge in [0.05, 0.1) is 12.3 Å². The highest BCUT2D eigenvalue weighted by molar-refractivity contribution is 5.19. The summed E-state index contributed by atoms with van der Waals surface area (Å²) in [6, 6.07) is 4.48. The van der Waals surface area contributed by atoms with E-state index in [4.69, 9.17) is 10.5 Å². The molecule has 0 saturated carbocycles. The topological polar surface area (TPSA) is 60.2 Å². The van der Waals surface area contributed by atoms with E-state index >= 15 is 0 Å². The fourth-order valence-electron chi connectivity index (χ4n) is 2.00. The van der Waals surface area contributed by atoms with Crippen LogP contribution in [0.15, 0.2) is 18.3 Å². The molecule has 1 rings (SSSR count). The van der Waals surface area contributed by atoms with Crippen molar-refractivity contribution in [2.45, 2.75) is 38.8 Å². The average Bonchev–Trinajstić information content (AvgIpc) is 2.42. The number of nitrogens with one attached hydrogen (secondary N) is 1. The average molecular weight is 251 g/mol. The molecule has 0 saturated heterocycles. The van der Waals surface area contributed by atoms with E-state index < -0.39 is 0 Å². The number of nitrogens with two attached hydrogens (primary N) is 1. The van der Waals surface area contributed by atoms with Gasteiger partial charge in [0.15, 0.2) is 0 Å². The highest BCUT2D eigenvalue weighted by Crippen LogP contribution is 2.07. The molecule has 0 aromatic carbocycles. The van der Waals surface area contributed by atoms with E-state index in [9.17, 15) is 0 Å². The monoisotopic (exact) mass is 251 g/mol. The smallest absolute Gasteiger partial charge is 0.0615 e. The molecule has 0 radical (unpaired) electrons. The van der Waals surface area contributed by atoms with Crippen molar-refractivity contribution in [1.29, 1.82) is 0 Å². The number of hydrogen-bond donors (Lipinski definition) is 2. The minimum absolute atomic E-state index is 0.352. The molecule has 0 bridgehead atoms. The van der Waals surface area contributed by atoms with Gasteiger partial charge in [-0.2, -0.15) is 0 Å². The van der Waals surface area contributed by atoms with Gasteiger partial charge in [0.25, 0.3) is 0 Å². The van der Waals surface area contributed by atoms with E-state index in [0.717, 1.165) is 38.0 Å². The number of aryl methyl sites for hydroxylation is 1. The molecule has 0 aliphatic heterocycles. The molecule has 1 atom stereocenters. The predicted molar refractivity (Wildman–Crippen MR) is 74.4 cm³/mol. The van der Waals surface area contributed by atoms with Crippen LogP contribution < -0.4 is 11.1 Å². The van der Waals surface area contributed by atoms with Crippen LogP contribution >= 0.6 is 0 Å². The third-order valence-electron chi connectivity index (χ3n) is 3.05. The molecular weight excluding hydrogens is 226 g/mol. The summed E-state index contributed by atoms with van der Waals surface area (Å²) >= 11 is 0. The van der Waals surface area contributed by atoms with Crippen molar-refractivity contribution in [2.24, 2.45) is 5.73 Å². The van der Waals surface area contributed by atoms with Gasteiger partial charge in [0.2, 0.25) is 0 Å². The molecule has 4 nitrogen and oxygen atoms in total. The summed E-state index contributed by atoms with van der Waals surface area (Å²) < 4.78 is 5.22. The van der Waals surface area contributed by atoms with E-state index in [1.165, 1.54) is 5.56 Å². The maximum atomic E-state index is 5.54. The van der Waals surface area contributed by atoms with Crippen LogP contribution in [-0.2, 0) is 17.7 Å². The number of rotatable bonds is 9. The number of aromatic nitrogens is 1. The normalized spacial score (nSPS) is 12.6. The molecule has 102 valence electrons. The summed E-state index contributed by atoms with van der Waals surface area (Å²) in [6.07, 6.45) is 4.92. The fourth-order valence-corrected chi connectivity index (χ4v) is 2.00. The second-order valence-corrected chi connectivity index (χ2v) is 4.43. The Kier molecular flexibility index (Phi) is 7.57. The largest absolute Gasteiger partial charge is 0.383 e. The third kappa shape index (κ3) is 5.12. The van der Waals surface area contributed by atoms with Gasteiger partial charge in [-0.1, -0.05) is 13.0 Å². The molecule has 0 aliphatic carbocycles. The molecule has 0 spiro atoms. The Hall–Kier alpha value is -0.970. The van der Waals surface area contributed by atoms with E-state index in [-0.39, 0.29) is 0 Å². The Morgan fingerprint density at radius 2 is 2.33 bits per heavy atom. The third-order valence-corrected chi connectivity index (χ3v) is 3.05. The van der Waals surface area contributed by atoms with Crippen molar-refractivity contribution in [1.82, 2.24) is 10.3 Å². The zero-order valence-electron chi connectivity index (χ0n) is 11.5. The first-order chi connectivity index (χ1) is 8.81. The van der Waals surface area contributed by atoms with Crippen LogP contribution in [0.2, 0.25) is 0 Å². The Morgan fingerprint density at radius 1 is 1.50 bits per heavy atom. The van der Waals surface area contributed by atoms with Gasteiger partial charge in [0.1, 0.15) is 0 Å². The van der Waals surface area contributed by atoms with Gasteiger partial charge in [0, 0.05) is 25.9 Å². The standard InChI is InChI=1S/C14H25N3O/c1-3-12-6-5-9-16-14(12)10-17-13(11-18-2)7-4-8-15/h5-6,9,13,17H,3-4,7-8,10-11,15H2,1-2H3. The number of ether oxygens (including phenoxy) is 1. The van der Waals surface area contributed by atoms with Crippen LogP contribution in [0.1, 0.15) is 31.0 Å². The van der Waals surface area contributed by atoms with E-state index in [1.54, 1.807) is 7.11 Å². The van der Waals surface area contributed by atoms with E-state index in [1.807, 2.05) is 12.3 Å². The maximum Gasteiger partial charge on any atom is 0.0615 e. The lowest BCUT2D eigenvalue weighted by Crippen LogP contribution is -2.33. The quantitative estimate of drug-likeness (QED) is 0.698. The summed E-state index contributed by atoms with van der Waals surface area (Å²) in [5, 5.41) is 3.50. The first-order valence-corrected chi connectivity index (χ1v) is 6.67. The van der Waals surface area contributed by atoms with Crippen molar-refractivity contribution in [3.05, 3.63) is 29.6 Å². The van der Waals surface area contributed by atoms with Crippen LogP contribution in [0.5, 0.6) is 0 Å². The zero-order chi connectivity index (χ0) is 13.2. The number of pyridine rings is 1. The predicted octanol–water partition coefficient (Wildman–Crippen LogP) is 1.49. The molecule has 3 N–H and O–H groups in total. The Morgan fingerprint density at radius 3 is 3.00 bits per heavy atom. The first kappa shape index (κ1) is 15.1. The van der Waals surface area contributed by atoms with Gasteiger partial charge in [-0.3, -0.25) is 4.98 Å². The number of hydrogen-bond acceptors (Lipinski definition) is 4. The summed E-state index contributed by atoms with van der Waals surface area (Å²) in [5.41, 5.74) is 7.98. The van der Waals surface area contributed by atoms with Crippen molar-refractivity contribution >= 4 is 0 Å². The van der Waals surface area contributed by atoms with Crippen molar-refractivity contribution in [3.8, 4) is 0 Å². The molecule has 0 fully saturated rings. The lowest BCUT2D eigenvalue weighted by molar-refractivity contribution is 0.161. The molecule has 1 aromatic rings. The van der Waals surface area contributed by atoms with Gasteiger partial charge in [-0.05, 0) is 37.4 Å². The van der Waals surface area contributed by atoms with Crippen molar-refractivity contribution in [3.63, 3.8) is 0 Å². The minimum atomic E-state index is 0.352. The van der Waals surface area contributed by atoms with E-state index in [0.29, 0.717) is 12.6 Å². The second kappa shape index (κ2) is 9.03. The lowest BCUT2D eigenvalue weighted by atomic mass is 10.1. The fraction of sp³-hybridized carbons (Fsp3) is 0.643. The maximum absolute atomic E-state index is 5.54. The number of nitrogens with zero attached hydrogens (tertiary/aromatic N) is 1. The molecule has 18 heavy (non-hydrogen) atoms. The molecule has 0 aliphatic rings. The highest BCUT2D eigenvalue weighted by Gasteiger charge is 2.09. The van der Waals surface area contributed by atoms with E-state index in [2.05, 4.69) is 23.3 Å². The Labute approximate surface area is 110 Å². The highest BCUT2D eigenvalue weighted by atomic mass is 16.5. The van der Waals surface area contributed by atoms with Crippen LogP contribution in [0.4, 0.5) is 0 Å². The molecule has 1 unspecified atom stereocenters. The Balaban J connectivity index is 2.49. The van der Waals surface area contributed by atoms with Crippen molar-refractivity contribution in [2.75, 3.05) is 20.3 Å². The van der Waals surface area contributed by atoms with Crippen LogP contribution in [0.3, 0.4) is 0 Å². The SMILES string of the molecule is CCc1cccnc1CNC(CCCN)COC. The lowest BCUT2D eigenvalue weighted by Gasteiger charge is -2.18. The van der Waals surface area contributed by atoms with Gasteiger partial charge >= 0.3 is 0 Å². The molecule has 0 amide bonds. The van der Waals surface area contributed by atoms with Gasteiger partial charge in [-0.25, -0.2) is 0 Å². The van der Waals surface area contributed by atoms with Crippen LogP contribution in [0, 0.1) is 0 Å². The minimum Gasteiger partial charge on any atom is -0.383 e. The molecule has 1 aromatic heterocycles. The summed E-state index contributed by atoms with van der Waals surface area (Å²) in [7, 11) is 1.73. The van der Waals surface area contributed by atoms with Crippen molar-refractivity contribution < 1.29 is 4.74 Å². The zero-order valence-corrected chi connectivity index (χ0v) is 11.5. The number of methoxy groups -OCH3 is 1. The summed E-state index contributed by atoms with van der Waals surface area (Å²) in [5.74, 6) is 0. The van der Waals surface area contributed by atoms with Gasteiger partial charge < -0.3 is 15.8 Å². The van der Waals surface area contributed by atoms with Crippen LogP contribution in [0.25, 0.3) is 0 Å². The molecule has 1 heterocycles. The first-order valence-electron chi connectivity index (χ1n) is 6.67. The van der Waals surface area contributed by atoms with Crippen LogP contribution in [-0.4, -0.2) is 31.3 Å².